The van der Waals surface area contributed by atoms with Crippen molar-refractivity contribution in [3.63, 3.8) is 0 Å². The number of rotatable bonds is 4. The van der Waals surface area contributed by atoms with Crippen LogP contribution in [0.5, 0.6) is 11.5 Å². The lowest BCUT2D eigenvalue weighted by Crippen LogP contribution is -2.22. The normalized spacial score (nSPS) is 13.1. The van der Waals surface area contributed by atoms with Gasteiger partial charge in [0.15, 0.2) is 17.6 Å². The first-order valence-corrected chi connectivity index (χ1v) is 4.67. The molecule has 0 aliphatic heterocycles. The number of ether oxygens (including phenoxy) is 1. The van der Waals surface area contributed by atoms with Crippen LogP contribution in [-0.2, 0) is 11.2 Å². The summed E-state index contributed by atoms with van der Waals surface area (Å²) in [6.45, 7) is 0. The van der Waals surface area contributed by atoms with Crippen LogP contribution in [-0.4, -0.2) is 33.8 Å². The molecule has 0 amide bonds. The molecule has 0 aliphatic rings. The Morgan fingerprint density at radius 2 is 2.00 bits per heavy atom. The van der Waals surface area contributed by atoms with Crippen LogP contribution in [0.3, 0.4) is 0 Å². The van der Waals surface area contributed by atoms with Crippen molar-refractivity contribution in [1.82, 2.24) is 0 Å². The summed E-state index contributed by atoms with van der Waals surface area (Å²) in [5.74, 6) is -3.08. The maximum atomic E-state index is 12.0. The van der Waals surface area contributed by atoms with E-state index in [0.717, 1.165) is 12.1 Å². The van der Waals surface area contributed by atoms with E-state index in [0.29, 0.717) is 0 Å². The van der Waals surface area contributed by atoms with Gasteiger partial charge in [0.05, 0.1) is 0 Å². The van der Waals surface area contributed by atoms with Gasteiger partial charge >= 0.3 is 12.3 Å². The highest BCUT2D eigenvalue weighted by Gasteiger charge is 2.32. The third-order valence-electron chi connectivity index (χ3n) is 1.96. The molecule has 1 aromatic carbocycles. The van der Waals surface area contributed by atoms with Crippen molar-refractivity contribution in [2.75, 3.05) is 0 Å². The Kier molecular flexibility index (Phi) is 4.02. The molecule has 1 aromatic rings. The summed E-state index contributed by atoms with van der Waals surface area (Å²) in [6, 6.07) is 2.92. The fourth-order valence-electron chi connectivity index (χ4n) is 1.20. The summed E-state index contributed by atoms with van der Waals surface area (Å²) in [4.78, 5) is 10.4. The van der Waals surface area contributed by atoms with E-state index in [-0.39, 0.29) is 5.56 Å². The van der Waals surface area contributed by atoms with Crippen LogP contribution < -0.4 is 4.74 Å². The summed E-state index contributed by atoms with van der Waals surface area (Å²) >= 11 is 0. The van der Waals surface area contributed by atoms with E-state index in [4.69, 9.17) is 15.3 Å². The van der Waals surface area contributed by atoms with Crippen LogP contribution in [0.25, 0.3) is 0 Å². The third kappa shape index (κ3) is 4.13. The van der Waals surface area contributed by atoms with Crippen LogP contribution >= 0.6 is 0 Å². The number of phenols is 1. The molecule has 1 atom stereocenters. The molecular weight excluding hydrogens is 257 g/mol. The van der Waals surface area contributed by atoms with Crippen molar-refractivity contribution in [3.8, 4) is 11.5 Å². The van der Waals surface area contributed by atoms with E-state index in [1.54, 1.807) is 0 Å². The van der Waals surface area contributed by atoms with Gasteiger partial charge in [-0.3, -0.25) is 0 Å². The quantitative estimate of drug-likeness (QED) is 0.764. The van der Waals surface area contributed by atoms with Gasteiger partial charge in [-0.2, -0.15) is 0 Å². The Balaban J connectivity index is 2.90. The smallest absolute Gasteiger partial charge is 0.504 e. The first kappa shape index (κ1) is 14.1. The van der Waals surface area contributed by atoms with Crippen molar-refractivity contribution >= 4 is 5.97 Å². The number of halogens is 3. The number of hydrogen-bond donors (Lipinski definition) is 3. The summed E-state index contributed by atoms with van der Waals surface area (Å²) < 4.78 is 39.4. The minimum absolute atomic E-state index is 0.0851. The third-order valence-corrected chi connectivity index (χ3v) is 1.96. The molecule has 0 heterocycles. The Hall–Kier alpha value is -1.96. The van der Waals surface area contributed by atoms with E-state index >= 15 is 0 Å². The fourth-order valence-corrected chi connectivity index (χ4v) is 1.20. The van der Waals surface area contributed by atoms with E-state index in [9.17, 15) is 18.0 Å². The predicted octanol–water partition coefficient (Wildman–Crippen LogP) is 1.28. The van der Waals surface area contributed by atoms with Gasteiger partial charge in [-0.1, -0.05) is 6.07 Å². The highest BCUT2D eigenvalue weighted by atomic mass is 19.4. The number of carbonyl (C=O) groups is 1. The minimum atomic E-state index is -4.97. The zero-order valence-corrected chi connectivity index (χ0v) is 8.81. The molecular formula is C10H9F3O5. The molecule has 1 rings (SSSR count). The number of alkyl halides is 3. The van der Waals surface area contributed by atoms with Crippen molar-refractivity contribution < 1.29 is 38.0 Å². The summed E-state index contributed by atoms with van der Waals surface area (Å²) in [7, 11) is 0. The Morgan fingerprint density at radius 1 is 1.39 bits per heavy atom. The van der Waals surface area contributed by atoms with Gasteiger partial charge in [0.2, 0.25) is 0 Å². The van der Waals surface area contributed by atoms with E-state index in [1.807, 2.05) is 0 Å². The number of aliphatic hydroxyl groups is 1. The molecule has 1 unspecified atom stereocenters. The topological polar surface area (TPSA) is 87.0 Å². The van der Waals surface area contributed by atoms with E-state index in [1.165, 1.54) is 6.07 Å². The molecule has 3 N–H and O–H groups in total. The van der Waals surface area contributed by atoms with Crippen molar-refractivity contribution in [3.05, 3.63) is 23.8 Å². The van der Waals surface area contributed by atoms with Crippen LogP contribution in [0.15, 0.2) is 18.2 Å². The molecule has 0 spiro atoms. The fraction of sp³-hybridized carbons (Fsp3) is 0.300. The predicted molar refractivity (Wildman–Crippen MR) is 52.1 cm³/mol. The SMILES string of the molecule is O=C(O)C(O)Cc1ccc(O)c(OC(F)(F)F)c1. The van der Waals surface area contributed by atoms with Crippen molar-refractivity contribution in [2.24, 2.45) is 0 Å². The molecule has 0 bridgehead atoms. The van der Waals surface area contributed by atoms with Crippen molar-refractivity contribution in [1.29, 1.82) is 0 Å². The summed E-state index contributed by atoms with van der Waals surface area (Å²) in [6.07, 6.45) is -7.11. The second-order valence-corrected chi connectivity index (χ2v) is 3.41. The monoisotopic (exact) mass is 266 g/mol. The molecule has 0 aromatic heterocycles. The van der Waals surface area contributed by atoms with Gasteiger partial charge in [-0.15, -0.1) is 13.2 Å². The Labute approximate surface area is 99.0 Å². The van der Waals surface area contributed by atoms with Crippen LogP contribution in [0, 0.1) is 0 Å². The highest BCUT2D eigenvalue weighted by molar-refractivity contribution is 5.72. The zero-order valence-electron chi connectivity index (χ0n) is 8.81. The Morgan fingerprint density at radius 3 is 2.50 bits per heavy atom. The van der Waals surface area contributed by atoms with Crippen LogP contribution in [0.1, 0.15) is 5.56 Å². The number of carboxylic acids is 1. The first-order valence-electron chi connectivity index (χ1n) is 4.67. The van der Waals surface area contributed by atoms with Gasteiger partial charge in [-0.05, 0) is 17.7 Å². The largest absolute Gasteiger partial charge is 0.573 e. The number of phenolic OH excluding ortho intramolecular Hbond substituents is 1. The average molecular weight is 266 g/mol. The number of carboxylic acid groups (broad SMARTS) is 1. The summed E-state index contributed by atoms with van der Waals surface area (Å²) in [5, 5.41) is 26.6. The molecule has 0 saturated carbocycles. The van der Waals surface area contributed by atoms with Crippen LogP contribution in [0.2, 0.25) is 0 Å². The molecule has 18 heavy (non-hydrogen) atoms. The molecule has 0 aliphatic carbocycles. The molecule has 100 valence electrons. The number of benzene rings is 1. The lowest BCUT2D eigenvalue weighted by Gasteiger charge is -2.12. The van der Waals surface area contributed by atoms with Gasteiger partial charge in [0.1, 0.15) is 0 Å². The number of aliphatic carboxylic acids is 1. The molecule has 0 fully saturated rings. The van der Waals surface area contributed by atoms with Gasteiger partial charge in [0, 0.05) is 6.42 Å². The van der Waals surface area contributed by atoms with Gasteiger partial charge in [0.25, 0.3) is 0 Å². The molecule has 0 radical (unpaired) electrons. The van der Waals surface area contributed by atoms with E-state index < -0.39 is 36.4 Å². The maximum absolute atomic E-state index is 12.0. The number of aromatic hydroxyl groups is 1. The second-order valence-electron chi connectivity index (χ2n) is 3.41. The van der Waals surface area contributed by atoms with Crippen molar-refractivity contribution in [2.45, 2.75) is 18.9 Å². The zero-order chi connectivity index (χ0) is 13.9. The second kappa shape index (κ2) is 5.13. The molecule has 0 saturated heterocycles. The average Bonchev–Trinajstić information content (AvgIpc) is 2.20. The molecule has 5 nitrogen and oxygen atoms in total. The lowest BCUT2D eigenvalue weighted by molar-refractivity contribution is -0.275. The van der Waals surface area contributed by atoms with Gasteiger partial charge in [-0.25, -0.2) is 4.79 Å². The Bertz CT molecular complexity index is 444. The maximum Gasteiger partial charge on any atom is 0.573 e. The van der Waals surface area contributed by atoms with Crippen LogP contribution in [0.4, 0.5) is 13.2 Å². The summed E-state index contributed by atoms with van der Waals surface area (Å²) in [5.41, 5.74) is 0.0851. The number of aliphatic hydroxyl groups excluding tert-OH is 1. The standard InChI is InChI=1S/C10H9F3O5/c11-10(12,13)18-8-4-5(1-2-6(8)14)3-7(15)9(16)17/h1-2,4,7,14-15H,3H2,(H,16,17). The van der Waals surface area contributed by atoms with E-state index in [2.05, 4.69) is 4.74 Å². The highest BCUT2D eigenvalue weighted by Crippen LogP contribution is 2.32. The lowest BCUT2D eigenvalue weighted by atomic mass is 10.1. The molecule has 8 heteroatoms. The number of hydrogen-bond acceptors (Lipinski definition) is 4. The van der Waals surface area contributed by atoms with Gasteiger partial charge < -0.3 is 20.1 Å². The minimum Gasteiger partial charge on any atom is -0.504 e. The first-order chi connectivity index (χ1) is 8.19.